The minimum absolute atomic E-state index is 0.186. The molecular formula is C16H19N4OS+. The van der Waals surface area contributed by atoms with Gasteiger partial charge in [0.05, 0.1) is 11.4 Å². The van der Waals surface area contributed by atoms with Gasteiger partial charge >= 0.3 is 11.0 Å². The molecule has 3 N–H and O–H groups in total. The number of H-pyrrole nitrogens is 1. The molecule has 1 aromatic carbocycles. The molecule has 0 bridgehead atoms. The number of nitrogens with one attached hydrogen (secondary N) is 3. The molecule has 2 aromatic rings. The van der Waals surface area contributed by atoms with E-state index in [1.807, 2.05) is 6.20 Å². The highest BCUT2D eigenvalue weighted by molar-refractivity contribution is 7.15. The number of anilines is 1. The van der Waals surface area contributed by atoms with Crippen LogP contribution in [0.2, 0.25) is 0 Å². The third-order valence-electron chi connectivity index (χ3n) is 3.52. The molecule has 1 aliphatic heterocycles. The molecule has 3 rings (SSSR count). The van der Waals surface area contributed by atoms with Gasteiger partial charge in [0.1, 0.15) is 6.20 Å². The molecule has 0 aliphatic carbocycles. The molecule has 0 radical (unpaired) electrons. The molecule has 5 nitrogen and oxygen atoms in total. The zero-order valence-electron chi connectivity index (χ0n) is 12.5. The van der Waals surface area contributed by atoms with Crippen LogP contribution < -0.4 is 15.6 Å². The van der Waals surface area contributed by atoms with Crippen LogP contribution in [-0.4, -0.2) is 24.8 Å². The monoisotopic (exact) mass is 315 g/mol. The number of rotatable bonds is 5. The Labute approximate surface area is 133 Å². The highest BCUT2D eigenvalue weighted by Gasteiger charge is 2.21. The molecule has 1 aromatic heterocycles. The first-order valence-corrected chi connectivity index (χ1v) is 8.24. The van der Waals surface area contributed by atoms with Crippen LogP contribution in [-0.2, 0) is 17.6 Å². The molecule has 0 atom stereocenters. The van der Waals surface area contributed by atoms with Gasteiger partial charge in [0.2, 0.25) is 5.84 Å². The molecule has 0 fully saturated rings. The van der Waals surface area contributed by atoms with Crippen LogP contribution >= 0.6 is 11.3 Å². The van der Waals surface area contributed by atoms with E-state index >= 15 is 0 Å². The summed E-state index contributed by atoms with van der Waals surface area (Å²) in [5.41, 5.74) is 2.62. The number of carbonyl (C=O) groups excluding carboxylic acids is 1. The molecule has 1 aliphatic rings. The summed E-state index contributed by atoms with van der Waals surface area (Å²) in [5.74, 6) is 0.230. The number of nitrogens with zero attached hydrogens (tertiary/aromatic N) is 1. The summed E-state index contributed by atoms with van der Waals surface area (Å²) < 4.78 is 0. The number of aryl methyl sites for hydroxylation is 1. The van der Waals surface area contributed by atoms with E-state index in [9.17, 15) is 4.79 Å². The lowest BCUT2D eigenvalue weighted by atomic mass is 10.1. The largest absolute Gasteiger partial charge is 0.374 e. The second-order valence-corrected chi connectivity index (χ2v) is 6.28. The summed E-state index contributed by atoms with van der Waals surface area (Å²) in [4.78, 5) is 20.3. The smallest absolute Gasteiger partial charge is 0.362 e. The third kappa shape index (κ3) is 3.51. The summed E-state index contributed by atoms with van der Waals surface area (Å²) in [6.07, 6.45) is 3.86. The number of benzene rings is 1. The van der Waals surface area contributed by atoms with Crippen molar-refractivity contribution in [3.8, 4) is 0 Å². The molecule has 0 saturated heterocycles. The fourth-order valence-electron chi connectivity index (χ4n) is 2.29. The molecule has 0 spiro atoms. The van der Waals surface area contributed by atoms with Crippen LogP contribution in [0.25, 0.3) is 0 Å². The summed E-state index contributed by atoms with van der Waals surface area (Å²) in [5, 5.41) is 6.54. The summed E-state index contributed by atoms with van der Waals surface area (Å²) in [7, 11) is 0. The van der Waals surface area contributed by atoms with Crippen molar-refractivity contribution in [3.63, 3.8) is 0 Å². The van der Waals surface area contributed by atoms with Crippen LogP contribution in [0.3, 0.4) is 0 Å². The van der Waals surface area contributed by atoms with E-state index in [1.54, 1.807) is 11.3 Å². The molecule has 1 amide bonds. The van der Waals surface area contributed by atoms with Gasteiger partial charge in [0, 0.05) is 13.0 Å². The van der Waals surface area contributed by atoms with Crippen molar-refractivity contribution in [2.45, 2.75) is 19.8 Å². The van der Waals surface area contributed by atoms with Gasteiger partial charge in [-0.2, -0.15) is 5.32 Å². The minimum Gasteiger partial charge on any atom is -0.362 e. The van der Waals surface area contributed by atoms with E-state index in [0.717, 1.165) is 24.5 Å². The van der Waals surface area contributed by atoms with Gasteiger partial charge in [-0.05, 0) is 17.5 Å². The Morgan fingerprint density at radius 3 is 2.82 bits per heavy atom. The molecule has 0 saturated carbocycles. The predicted octanol–water partition coefficient (Wildman–Crippen LogP) is 1.66. The van der Waals surface area contributed by atoms with Crippen LogP contribution in [0.15, 0.2) is 35.5 Å². The maximum absolute atomic E-state index is 11.9. The standard InChI is InChI=1S/C16H18N4OS/c1-2-11-3-5-12(6-4-11)9-13-10-19-16(22-13)20-15(21)14-17-7-8-18-14/h3-6,10H,2,7-9H2,1H3,(H,17,18)(H,19,20,21)/p+1. The first kappa shape index (κ1) is 14.7. The van der Waals surface area contributed by atoms with Crippen molar-refractivity contribution in [3.05, 3.63) is 46.5 Å². The van der Waals surface area contributed by atoms with Crippen LogP contribution in [0, 0.1) is 0 Å². The Morgan fingerprint density at radius 2 is 2.14 bits per heavy atom. The molecular weight excluding hydrogens is 296 g/mol. The van der Waals surface area contributed by atoms with E-state index in [2.05, 4.69) is 51.8 Å². The first-order chi connectivity index (χ1) is 10.7. The maximum Gasteiger partial charge on any atom is 0.374 e. The zero-order chi connectivity index (χ0) is 15.4. The van der Waals surface area contributed by atoms with Gasteiger partial charge in [-0.1, -0.05) is 42.5 Å². The Balaban J connectivity index is 1.61. The number of aromatic nitrogens is 1. The van der Waals surface area contributed by atoms with Gasteiger partial charge in [-0.25, -0.2) is 9.78 Å². The number of hydrogen-bond donors (Lipinski definition) is 2. The number of aliphatic imine (C=N–C) groups is 1. The van der Waals surface area contributed by atoms with E-state index in [-0.39, 0.29) is 5.91 Å². The lowest BCUT2D eigenvalue weighted by Gasteiger charge is -2.00. The predicted molar refractivity (Wildman–Crippen MR) is 88.4 cm³/mol. The average Bonchev–Trinajstić information content (AvgIpc) is 3.20. The number of aromatic amines is 1. The van der Waals surface area contributed by atoms with Crippen molar-refractivity contribution in [2.24, 2.45) is 4.99 Å². The lowest BCUT2D eigenvalue weighted by Crippen LogP contribution is -2.33. The second-order valence-electron chi connectivity index (χ2n) is 5.14. The Morgan fingerprint density at radius 1 is 1.36 bits per heavy atom. The Bertz CT molecular complexity index is 690. The van der Waals surface area contributed by atoms with Crippen molar-refractivity contribution in [1.29, 1.82) is 0 Å². The molecule has 114 valence electrons. The summed E-state index contributed by atoms with van der Waals surface area (Å²) in [6, 6.07) is 8.65. The highest BCUT2D eigenvalue weighted by Crippen LogP contribution is 2.18. The average molecular weight is 315 g/mol. The molecule has 2 heterocycles. The van der Waals surface area contributed by atoms with Crippen molar-refractivity contribution < 1.29 is 9.78 Å². The lowest BCUT2D eigenvalue weighted by molar-refractivity contribution is -0.354. The highest BCUT2D eigenvalue weighted by atomic mass is 32.1. The maximum atomic E-state index is 11.9. The fraction of sp³-hybridized carbons (Fsp3) is 0.312. The van der Waals surface area contributed by atoms with E-state index in [1.165, 1.54) is 16.0 Å². The third-order valence-corrected chi connectivity index (χ3v) is 4.47. The van der Waals surface area contributed by atoms with Crippen LogP contribution in [0.1, 0.15) is 22.9 Å². The second kappa shape index (κ2) is 6.70. The van der Waals surface area contributed by atoms with Crippen LogP contribution in [0.4, 0.5) is 5.13 Å². The Hall–Kier alpha value is -2.21. The van der Waals surface area contributed by atoms with E-state index in [4.69, 9.17) is 0 Å². The zero-order valence-corrected chi connectivity index (χ0v) is 13.3. The number of thiazole rings is 1. The van der Waals surface area contributed by atoms with Crippen molar-refractivity contribution >= 4 is 28.2 Å². The molecule has 6 heteroatoms. The molecule has 0 unspecified atom stereocenters. The topological polar surface area (TPSA) is 67.6 Å². The van der Waals surface area contributed by atoms with Crippen LogP contribution in [0.5, 0.6) is 0 Å². The number of amidine groups is 1. The van der Waals surface area contributed by atoms with Gasteiger partial charge in [-0.3, -0.25) is 4.99 Å². The number of amides is 1. The first-order valence-electron chi connectivity index (χ1n) is 7.42. The van der Waals surface area contributed by atoms with Crippen molar-refractivity contribution in [2.75, 3.05) is 18.4 Å². The van der Waals surface area contributed by atoms with Gasteiger partial charge in [-0.15, -0.1) is 0 Å². The van der Waals surface area contributed by atoms with Gasteiger partial charge in [0.25, 0.3) is 0 Å². The summed E-state index contributed by atoms with van der Waals surface area (Å²) >= 11 is 1.55. The number of carbonyl (C=O) groups is 1. The van der Waals surface area contributed by atoms with Crippen molar-refractivity contribution in [1.82, 2.24) is 5.32 Å². The summed E-state index contributed by atoms with van der Waals surface area (Å²) in [6.45, 7) is 3.55. The molecule has 22 heavy (non-hydrogen) atoms. The van der Waals surface area contributed by atoms with Gasteiger partial charge in [0.15, 0.2) is 0 Å². The SMILES string of the molecule is CCc1ccc(Cc2c[nH+]c(NC(=O)C3=NCCN3)s2)cc1. The number of hydrogen-bond acceptors (Lipinski definition) is 4. The normalized spacial score (nSPS) is 13.6. The van der Waals surface area contributed by atoms with E-state index in [0.29, 0.717) is 12.4 Å². The quantitative estimate of drug-likeness (QED) is 0.881. The van der Waals surface area contributed by atoms with Gasteiger partial charge < -0.3 is 5.32 Å². The Kier molecular flexibility index (Phi) is 4.48. The minimum atomic E-state index is -0.186. The van der Waals surface area contributed by atoms with E-state index < -0.39 is 0 Å². The fourth-order valence-corrected chi connectivity index (χ4v) is 3.17.